The van der Waals surface area contributed by atoms with Crippen molar-refractivity contribution in [3.8, 4) is 0 Å². The van der Waals surface area contributed by atoms with E-state index >= 15 is 0 Å². The van der Waals surface area contributed by atoms with Crippen molar-refractivity contribution >= 4 is 23.2 Å². The zero-order valence-corrected chi connectivity index (χ0v) is 12.5. The van der Waals surface area contributed by atoms with E-state index in [0.29, 0.717) is 22.9 Å². The molecule has 1 amide bonds. The molecule has 0 aromatic carbocycles. The number of nitrogens with one attached hydrogen (secondary N) is 3. The molecular formula is C14H19N7O. The minimum atomic E-state index is -0.331. The Balaban J connectivity index is 2.04. The number of nitrogen functional groups attached to an aromatic ring is 1. The van der Waals surface area contributed by atoms with Crippen LogP contribution in [0.5, 0.6) is 0 Å². The maximum absolute atomic E-state index is 11.9. The molecule has 0 aliphatic rings. The first-order valence-electron chi connectivity index (χ1n) is 6.95. The number of nitrogens with zero attached hydrogens (tertiary/aromatic N) is 3. The lowest BCUT2D eigenvalue weighted by molar-refractivity contribution is 0.0962. The number of nitrogens with two attached hydrogens (primary N) is 1. The van der Waals surface area contributed by atoms with Crippen LogP contribution in [0.15, 0.2) is 30.9 Å². The second-order valence-electron chi connectivity index (χ2n) is 4.76. The van der Waals surface area contributed by atoms with Gasteiger partial charge >= 0.3 is 0 Å². The molecule has 0 saturated heterocycles. The molecule has 0 spiro atoms. The lowest BCUT2D eigenvalue weighted by atomic mass is 10.2. The molecule has 0 radical (unpaired) electrons. The van der Waals surface area contributed by atoms with Gasteiger partial charge in [0.1, 0.15) is 12.0 Å². The van der Waals surface area contributed by atoms with E-state index in [-0.39, 0.29) is 11.9 Å². The number of rotatable bonds is 6. The van der Waals surface area contributed by atoms with Crippen molar-refractivity contribution in [1.29, 1.82) is 0 Å². The molecule has 1 unspecified atom stereocenters. The van der Waals surface area contributed by atoms with Crippen molar-refractivity contribution in [2.45, 2.75) is 26.3 Å². The number of carbonyl (C=O) groups excluding carboxylic acids is 1. The van der Waals surface area contributed by atoms with E-state index in [4.69, 9.17) is 5.73 Å². The molecule has 0 bridgehead atoms. The molecule has 2 aromatic heterocycles. The van der Waals surface area contributed by atoms with Crippen molar-refractivity contribution in [1.82, 2.24) is 20.4 Å². The van der Waals surface area contributed by atoms with Crippen LogP contribution >= 0.6 is 0 Å². The Labute approximate surface area is 128 Å². The molecule has 1 atom stereocenters. The minimum Gasteiger partial charge on any atom is -0.393 e. The fourth-order valence-corrected chi connectivity index (χ4v) is 1.63. The highest BCUT2D eigenvalue weighted by Gasteiger charge is 2.11. The first-order valence-corrected chi connectivity index (χ1v) is 6.95. The summed E-state index contributed by atoms with van der Waals surface area (Å²) in [4.78, 5) is 23.9. The van der Waals surface area contributed by atoms with Crippen molar-refractivity contribution in [2.75, 3.05) is 16.5 Å². The number of amides is 1. The van der Waals surface area contributed by atoms with Gasteiger partial charge in [-0.25, -0.2) is 9.97 Å². The first kappa shape index (κ1) is 15.5. The van der Waals surface area contributed by atoms with Gasteiger partial charge in [0.05, 0.1) is 5.56 Å². The SMILES string of the molecule is CCC(C)Nc1ncnc(NNC(=O)c2cccnc2)c1N. The highest BCUT2D eigenvalue weighted by Crippen LogP contribution is 2.22. The topological polar surface area (TPSA) is 118 Å². The van der Waals surface area contributed by atoms with Crippen molar-refractivity contribution in [3.05, 3.63) is 36.4 Å². The summed E-state index contributed by atoms with van der Waals surface area (Å²) in [5.74, 6) is 0.531. The molecule has 8 nitrogen and oxygen atoms in total. The standard InChI is InChI=1S/C14H19N7O/c1-3-9(2)19-12-11(15)13(18-8-17-12)20-21-14(22)10-5-4-6-16-7-10/h4-9H,3,15H2,1-2H3,(H,21,22)(H2,17,18,19,20). The van der Waals surface area contributed by atoms with E-state index in [2.05, 4.69) is 38.0 Å². The Kier molecular flexibility index (Phi) is 5.07. The summed E-state index contributed by atoms with van der Waals surface area (Å²) < 4.78 is 0. The van der Waals surface area contributed by atoms with E-state index in [0.717, 1.165) is 6.42 Å². The summed E-state index contributed by atoms with van der Waals surface area (Å²) in [6, 6.07) is 3.57. The Bertz CT molecular complexity index is 632. The molecule has 8 heteroatoms. The number of hydrogen-bond donors (Lipinski definition) is 4. The van der Waals surface area contributed by atoms with Gasteiger partial charge in [-0.15, -0.1) is 0 Å². The molecule has 2 rings (SSSR count). The van der Waals surface area contributed by atoms with Crippen LogP contribution in [-0.2, 0) is 0 Å². The fraction of sp³-hybridized carbons (Fsp3) is 0.286. The predicted molar refractivity (Wildman–Crippen MR) is 85.1 cm³/mol. The van der Waals surface area contributed by atoms with Gasteiger partial charge in [-0.2, -0.15) is 0 Å². The van der Waals surface area contributed by atoms with Crippen LogP contribution in [0.3, 0.4) is 0 Å². The molecule has 0 aliphatic heterocycles. The number of pyridine rings is 1. The Morgan fingerprint density at radius 3 is 2.82 bits per heavy atom. The molecule has 2 aromatic rings. The van der Waals surface area contributed by atoms with Crippen LogP contribution in [-0.4, -0.2) is 26.9 Å². The molecular weight excluding hydrogens is 282 g/mol. The summed E-state index contributed by atoms with van der Waals surface area (Å²) in [5.41, 5.74) is 12.0. The number of hydrogen-bond acceptors (Lipinski definition) is 7. The van der Waals surface area contributed by atoms with Crippen LogP contribution in [0.2, 0.25) is 0 Å². The van der Waals surface area contributed by atoms with Gasteiger partial charge in [0.15, 0.2) is 11.6 Å². The minimum absolute atomic E-state index is 0.232. The average molecular weight is 301 g/mol. The highest BCUT2D eigenvalue weighted by atomic mass is 16.2. The maximum Gasteiger partial charge on any atom is 0.271 e. The summed E-state index contributed by atoms with van der Waals surface area (Å²) >= 11 is 0. The number of carbonyl (C=O) groups is 1. The maximum atomic E-state index is 11.9. The van der Waals surface area contributed by atoms with E-state index in [1.165, 1.54) is 12.5 Å². The number of aromatic nitrogens is 3. The lowest BCUT2D eigenvalue weighted by Gasteiger charge is -2.16. The van der Waals surface area contributed by atoms with E-state index in [1.807, 2.05) is 6.92 Å². The smallest absolute Gasteiger partial charge is 0.271 e. The van der Waals surface area contributed by atoms with Crippen LogP contribution < -0.4 is 21.9 Å². The van der Waals surface area contributed by atoms with Gasteiger partial charge < -0.3 is 11.1 Å². The van der Waals surface area contributed by atoms with Gasteiger partial charge in [0.2, 0.25) is 0 Å². The number of anilines is 3. The fourth-order valence-electron chi connectivity index (χ4n) is 1.63. The van der Waals surface area contributed by atoms with Crippen molar-refractivity contribution in [3.63, 3.8) is 0 Å². The predicted octanol–water partition coefficient (Wildman–Crippen LogP) is 1.42. The third-order valence-corrected chi connectivity index (χ3v) is 3.10. The molecule has 2 heterocycles. The summed E-state index contributed by atoms with van der Waals surface area (Å²) in [6.45, 7) is 4.08. The second-order valence-corrected chi connectivity index (χ2v) is 4.76. The molecule has 0 fully saturated rings. The Morgan fingerprint density at radius 1 is 1.36 bits per heavy atom. The zero-order valence-electron chi connectivity index (χ0n) is 12.5. The monoisotopic (exact) mass is 301 g/mol. The van der Waals surface area contributed by atoms with Gasteiger partial charge in [-0.05, 0) is 25.5 Å². The van der Waals surface area contributed by atoms with Crippen molar-refractivity contribution in [2.24, 2.45) is 0 Å². The Morgan fingerprint density at radius 2 is 2.14 bits per heavy atom. The number of hydrazine groups is 1. The Hall–Kier alpha value is -2.90. The molecule has 0 aliphatic carbocycles. The van der Waals surface area contributed by atoms with Crippen LogP contribution in [0.1, 0.15) is 30.6 Å². The van der Waals surface area contributed by atoms with E-state index < -0.39 is 0 Å². The molecule has 0 saturated carbocycles. The van der Waals surface area contributed by atoms with E-state index in [9.17, 15) is 4.79 Å². The molecule has 116 valence electrons. The van der Waals surface area contributed by atoms with Gasteiger partial charge in [0, 0.05) is 18.4 Å². The van der Waals surface area contributed by atoms with Crippen LogP contribution in [0.4, 0.5) is 17.3 Å². The average Bonchev–Trinajstić information content (AvgIpc) is 2.56. The summed E-state index contributed by atoms with van der Waals surface area (Å²) in [7, 11) is 0. The largest absolute Gasteiger partial charge is 0.393 e. The summed E-state index contributed by atoms with van der Waals surface area (Å²) in [6.07, 6.45) is 5.37. The van der Waals surface area contributed by atoms with Gasteiger partial charge in [0.25, 0.3) is 5.91 Å². The second kappa shape index (κ2) is 7.21. The first-order chi connectivity index (χ1) is 10.6. The highest BCUT2D eigenvalue weighted by molar-refractivity contribution is 5.94. The summed E-state index contributed by atoms with van der Waals surface area (Å²) in [5, 5.41) is 3.18. The lowest BCUT2D eigenvalue weighted by Crippen LogP contribution is -2.30. The molecule has 22 heavy (non-hydrogen) atoms. The van der Waals surface area contributed by atoms with Crippen LogP contribution in [0, 0.1) is 0 Å². The third-order valence-electron chi connectivity index (χ3n) is 3.10. The quantitative estimate of drug-likeness (QED) is 0.596. The molecule has 5 N–H and O–H groups in total. The third kappa shape index (κ3) is 3.81. The van der Waals surface area contributed by atoms with Crippen LogP contribution in [0.25, 0.3) is 0 Å². The van der Waals surface area contributed by atoms with Gasteiger partial charge in [-0.1, -0.05) is 6.92 Å². The van der Waals surface area contributed by atoms with Crippen molar-refractivity contribution < 1.29 is 4.79 Å². The normalized spacial score (nSPS) is 11.5. The van der Waals surface area contributed by atoms with Gasteiger partial charge in [-0.3, -0.25) is 20.6 Å². The van der Waals surface area contributed by atoms with E-state index in [1.54, 1.807) is 18.3 Å². The zero-order chi connectivity index (χ0) is 15.9.